The third-order valence-electron chi connectivity index (χ3n) is 2.29. The van der Waals surface area contributed by atoms with Gasteiger partial charge in [-0.25, -0.2) is 8.78 Å². The zero-order valence-corrected chi connectivity index (χ0v) is 10.4. The summed E-state index contributed by atoms with van der Waals surface area (Å²) in [7, 11) is 0. The maximum atomic E-state index is 13.5. The van der Waals surface area contributed by atoms with Crippen LogP contribution in [0.1, 0.15) is 23.7 Å². The van der Waals surface area contributed by atoms with Crippen LogP contribution in [-0.4, -0.2) is 24.9 Å². The number of amides is 2. The van der Waals surface area contributed by atoms with E-state index in [0.717, 1.165) is 18.6 Å². The summed E-state index contributed by atoms with van der Waals surface area (Å²) in [5.41, 5.74) is 4.22. The van der Waals surface area contributed by atoms with Gasteiger partial charge in [0.15, 0.2) is 5.82 Å². The van der Waals surface area contributed by atoms with Crippen LogP contribution < -0.4 is 16.4 Å². The van der Waals surface area contributed by atoms with Crippen molar-refractivity contribution in [2.75, 3.05) is 18.8 Å². The van der Waals surface area contributed by atoms with Gasteiger partial charge in [-0.05, 0) is 18.6 Å². The van der Waals surface area contributed by atoms with Crippen molar-refractivity contribution in [3.8, 4) is 0 Å². The standard InChI is InChI=1S/C12H15F2N3O2/c1-2-3-16-10(18)6-17-12(19)8-4-7(13)5-9(15)11(8)14/h4-5H,2-3,6,15H2,1H3,(H,16,18)(H,17,19). The Morgan fingerprint density at radius 3 is 2.58 bits per heavy atom. The fourth-order valence-electron chi connectivity index (χ4n) is 1.36. The van der Waals surface area contributed by atoms with Gasteiger partial charge in [-0.15, -0.1) is 0 Å². The Hall–Kier alpha value is -2.18. The van der Waals surface area contributed by atoms with E-state index in [1.165, 1.54) is 0 Å². The van der Waals surface area contributed by atoms with Crippen LogP contribution in [0.15, 0.2) is 12.1 Å². The first-order valence-electron chi connectivity index (χ1n) is 5.75. The molecule has 5 nitrogen and oxygen atoms in total. The Morgan fingerprint density at radius 2 is 1.95 bits per heavy atom. The average Bonchev–Trinajstić information content (AvgIpc) is 2.37. The number of rotatable bonds is 5. The highest BCUT2D eigenvalue weighted by Crippen LogP contribution is 2.17. The van der Waals surface area contributed by atoms with E-state index in [4.69, 9.17) is 5.73 Å². The van der Waals surface area contributed by atoms with Crippen LogP contribution >= 0.6 is 0 Å². The topological polar surface area (TPSA) is 84.2 Å². The Kier molecular flexibility index (Phi) is 5.23. The highest BCUT2D eigenvalue weighted by atomic mass is 19.1. The van der Waals surface area contributed by atoms with Crippen molar-refractivity contribution in [2.45, 2.75) is 13.3 Å². The number of benzene rings is 1. The van der Waals surface area contributed by atoms with Gasteiger partial charge >= 0.3 is 0 Å². The summed E-state index contributed by atoms with van der Waals surface area (Å²) in [6.45, 7) is 2.05. The third kappa shape index (κ3) is 4.20. The number of carbonyl (C=O) groups is 2. The van der Waals surface area contributed by atoms with Crippen LogP contribution in [0.4, 0.5) is 14.5 Å². The minimum absolute atomic E-state index is 0.311. The molecule has 0 radical (unpaired) electrons. The highest BCUT2D eigenvalue weighted by molar-refractivity contribution is 5.97. The zero-order valence-electron chi connectivity index (χ0n) is 10.4. The predicted molar refractivity (Wildman–Crippen MR) is 66.4 cm³/mol. The first kappa shape index (κ1) is 14.9. The van der Waals surface area contributed by atoms with Crippen LogP contribution in [0.25, 0.3) is 0 Å². The van der Waals surface area contributed by atoms with E-state index in [-0.39, 0.29) is 6.54 Å². The molecule has 0 bridgehead atoms. The van der Waals surface area contributed by atoms with E-state index < -0.39 is 34.7 Å². The molecule has 0 aliphatic heterocycles. The number of halogens is 2. The van der Waals surface area contributed by atoms with Gasteiger partial charge in [0, 0.05) is 6.54 Å². The van der Waals surface area contributed by atoms with Crippen molar-refractivity contribution in [3.05, 3.63) is 29.3 Å². The first-order valence-corrected chi connectivity index (χ1v) is 5.75. The van der Waals surface area contributed by atoms with Crippen molar-refractivity contribution < 1.29 is 18.4 Å². The van der Waals surface area contributed by atoms with Crippen LogP contribution in [0.2, 0.25) is 0 Å². The molecule has 4 N–H and O–H groups in total. The minimum atomic E-state index is -1.01. The first-order chi connectivity index (χ1) is 8.95. The van der Waals surface area contributed by atoms with E-state index in [1.807, 2.05) is 6.92 Å². The molecule has 1 aromatic rings. The summed E-state index contributed by atoms with van der Waals surface area (Å²) < 4.78 is 26.5. The predicted octanol–water partition coefficient (Wildman–Crippen LogP) is 0.803. The van der Waals surface area contributed by atoms with Crippen LogP contribution in [0.5, 0.6) is 0 Å². The number of nitrogen functional groups attached to an aromatic ring is 1. The molecule has 1 aromatic carbocycles. The lowest BCUT2D eigenvalue weighted by molar-refractivity contribution is -0.120. The molecule has 2 amide bonds. The van der Waals surface area contributed by atoms with Crippen molar-refractivity contribution in [1.82, 2.24) is 10.6 Å². The van der Waals surface area contributed by atoms with Crippen molar-refractivity contribution >= 4 is 17.5 Å². The minimum Gasteiger partial charge on any atom is -0.396 e. The summed E-state index contributed by atoms with van der Waals surface area (Å²) in [6, 6.07) is 1.51. The van der Waals surface area contributed by atoms with Gasteiger partial charge in [0.25, 0.3) is 5.91 Å². The molecule has 0 saturated heterocycles. The number of nitrogens with one attached hydrogen (secondary N) is 2. The van der Waals surface area contributed by atoms with Gasteiger partial charge < -0.3 is 16.4 Å². The molecule has 1 rings (SSSR count). The molecule has 7 heteroatoms. The zero-order chi connectivity index (χ0) is 14.4. The van der Waals surface area contributed by atoms with Gasteiger partial charge in [0.2, 0.25) is 5.91 Å². The van der Waals surface area contributed by atoms with E-state index in [0.29, 0.717) is 6.54 Å². The Bertz CT molecular complexity index is 492. The Balaban J connectivity index is 2.66. The molecule has 0 aliphatic rings. The second-order valence-corrected chi connectivity index (χ2v) is 3.89. The fraction of sp³-hybridized carbons (Fsp3) is 0.333. The highest BCUT2D eigenvalue weighted by Gasteiger charge is 2.16. The molecule has 0 spiro atoms. The van der Waals surface area contributed by atoms with Gasteiger partial charge in [-0.3, -0.25) is 9.59 Å². The van der Waals surface area contributed by atoms with Crippen molar-refractivity contribution in [3.63, 3.8) is 0 Å². The normalized spacial score (nSPS) is 10.1. The van der Waals surface area contributed by atoms with Gasteiger partial charge in [-0.1, -0.05) is 6.92 Å². The lowest BCUT2D eigenvalue weighted by Crippen LogP contribution is -2.37. The summed E-state index contributed by atoms with van der Waals surface area (Å²) >= 11 is 0. The second kappa shape index (κ2) is 6.67. The molecule has 0 aromatic heterocycles. The molecule has 0 atom stereocenters. The largest absolute Gasteiger partial charge is 0.396 e. The van der Waals surface area contributed by atoms with Crippen LogP contribution in [0, 0.1) is 11.6 Å². The molecule has 0 heterocycles. The maximum Gasteiger partial charge on any atom is 0.254 e. The third-order valence-corrected chi connectivity index (χ3v) is 2.29. The van der Waals surface area contributed by atoms with E-state index in [1.54, 1.807) is 0 Å². The van der Waals surface area contributed by atoms with Crippen molar-refractivity contribution in [2.24, 2.45) is 0 Å². The van der Waals surface area contributed by atoms with Crippen LogP contribution in [-0.2, 0) is 4.79 Å². The van der Waals surface area contributed by atoms with Gasteiger partial charge in [0.1, 0.15) is 5.82 Å². The lowest BCUT2D eigenvalue weighted by atomic mass is 10.1. The van der Waals surface area contributed by atoms with Gasteiger partial charge in [-0.2, -0.15) is 0 Å². The lowest BCUT2D eigenvalue weighted by Gasteiger charge is -2.08. The summed E-state index contributed by atoms with van der Waals surface area (Å²) in [5.74, 6) is -3.12. The molecular formula is C12H15F2N3O2. The molecule has 19 heavy (non-hydrogen) atoms. The monoisotopic (exact) mass is 271 g/mol. The molecule has 0 unspecified atom stereocenters. The van der Waals surface area contributed by atoms with E-state index in [2.05, 4.69) is 10.6 Å². The number of hydrogen-bond donors (Lipinski definition) is 3. The molecule has 0 fully saturated rings. The van der Waals surface area contributed by atoms with Gasteiger partial charge in [0.05, 0.1) is 17.8 Å². The number of carbonyl (C=O) groups excluding carboxylic acids is 2. The number of hydrogen-bond acceptors (Lipinski definition) is 3. The summed E-state index contributed by atoms with van der Waals surface area (Å²) in [4.78, 5) is 22.8. The molecular weight excluding hydrogens is 256 g/mol. The smallest absolute Gasteiger partial charge is 0.254 e. The number of nitrogens with two attached hydrogens (primary N) is 1. The quantitative estimate of drug-likeness (QED) is 0.693. The fourth-order valence-corrected chi connectivity index (χ4v) is 1.36. The SMILES string of the molecule is CCCNC(=O)CNC(=O)c1cc(F)cc(N)c1F. The Labute approximate surface area is 109 Å². The number of anilines is 1. The average molecular weight is 271 g/mol. The van der Waals surface area contributed by atoms with Crippen molar-refractivity contribution in [1.29, 1.82) is 0 Å². The Morgan fingerprint density at radius 1 is 1.26 bits per heavy atom. The molecule has 104 valence electrons. The summed E-state index contributed by atoms with van der Waals surface area (Å²) in [5, 5.41) is 4.72. The molecule has 0 saturated carbocycles. The molecule has 0 aliphatic carbocycles. The second-order valence-electron chi connectivity index (χ2n) is 3.89. The van der Waals surface area contributed by atoms with Crippen LogP contribution in [0.3, 0.4) is 0 Å². The van der Waals surface area contributed by atoms with E-state index in [9.17, 15) is 18.4 Å². The van der Waals surface area contributed by atoms with E-state index >= 15 is 0 Å². The maximum absolute atomic E-state index is 13.5. The summed E-state index contributed by atoms with van der Waals surface area (Å²) in [6.07, 6.45) is 0.759.